The van der Waals surface area contributed by atoms with Gasteiger partial charge in [-0.05, 0) is 49.6 Å². The molecule has 1 N–H and O–H groups in total. The van der Waals surface area contributed by atoms with Crippen LogP contribution >= 0.6 is 11.3 Å². The van der Waals surface area contributed by atoms with Crippen molar-refractivity contribution in [2.75, 3.05) is 12.0 Å². The van der Waals surface area contributed by atoms with E-state index in [2.05, 4.69) is 9.97 Å². The van der Waals surface area contributed by atoms with Gasteiger partial charge in [0, 0.05) is 39.8 Å². The zero-order valence-electron chi connectivity index (χ0n) is 21.6. The van der Waals surface area contributed by atoms with Gasteiger partial charge in [-0.15, -0.1) is 11.3 Å². The third-order valence-electron chi connectivity index (χ3n) is 7.33. The highest BCUT2D eigenvalue weighted by Gasteiger charge is 2.32. The van der Waals surface area contributed by atoms with E-state index in [0.29, 0.717) is 21.6 Å². The molecule has 0 atom stereocenters. The van der Waals surface area contributed by atoms with E-state index in [1.165, 1.54) is 30.6 Å². The highest BCUT2D eigenvalue weighted by atomic mass is 32.1. The summed E-state index contributed by atoms with van der Waals surface area (Å²) >= 11 is 1.42. The molecular formula is C29H28F3N3O3S. The van der Waals surface area contributed by atoms with Gasteiger partial charge in [-0.1, -0.05) is 31.4 Å². The molecule has 204 valence electrons. The van der Waals surface area contributed by atoms with Crippen LogP contribution in [0, 0.1) is 6.92 Å². The highest BCUT2D eigenvalue weighted by Crippen LogP contribution is 2.37. The third-order valence-corrected chi connectivity index (χ3v) is 8.10. The van der Waals surface area contributed by atoms with E-state index in [1.807, 2.05) is 12.3 Å². The molecule has 4 aromatic rings. The maximum Gasteiger partial charge on any atom is 0.416 e. The molecule has 1 amide bonds. The minimum absolute atomic E-state index is 0.0301. The molecule has 1 aliphatic carbocycles. The molecule has 0 radical (unpaired) electrons. The molecule has 0 spiro atoms. The number of nitrogens with one attached hydrogen (secondary N) is 1. The second-order valence-electron chi connectivity index (χ2n) is 9.75. The lowest BCUT2D eigenvalue weighted by Gasteiger charge is -2.32. The average Bonchev–Trinajstić information content (AvgIpc) is 3.56. The van der Waals surface area contributed by atoms with Crippen LogP contribution in [0.5, 0.6) is 5.75 Å². The van der Waals surface area contributed by atoms with Crippen molar-refractivity contribution in [3.63, 3.8) is 0 Å². The van der Waals surface area contributed by atoms with Crippen molar-refractivity contribution in [3.8, 4) is 5.75 Å². The minimum Gasteiger partial charge on any atom is -0.496 e. The number of aromatic nitrogens is 2. The van der Waals surface area contributed by atoms with E-state index in [9.17, 15) is 22.8 Å². The number of carbonyl (C=O) groups is 2. The van der Waals surface area contributed by atoms with Crippen molar-refractivity contribution in [2.24, 2.45) is 0 Å². The van der Waals surface area contributed by atoms with Crippen molar-refractivity contribution in [2.45, 2.75) is 57.7 Å². The molecule has 0 saturated heterocycles. The first-order chi connectivity index (χ1) is 18.7. The number of halogens is 3. The van der Waals surface area contributed by atoms with Gasteiger partial charge in [0.1, 0.15) is 5.75 Å². The fourth-order valence-corrected chi connectivity index (χ4v) is 6.14. The van der Waals surface area contributed by atoms with E-state index in [1.54, 1.807) is 23.2 Å². The van der Waals surface area contributed by atoms with Crippen LogP contribution in [0.2, 0.25) is 0 Å². The predicted molar refractivity (Wildman–Crippen MR) is 145 cm³/mol. The van der Waals surface area contributed by atoms with E-state index in [0.717, 1.165) is 49.9 Å². The summed E-state index contributed by atoms with van der Waals surface area (Å²) in [6.07, 6.45) is 2.27. The Morgan fingerprint density at radius 1 is 1.10 bits per heavy atom. The van der Waals surface area contributed by atoms with Gasteiger partial charge in [-0.25, -0.2) is 4.98 Å². The van der Waals surface area contributed by atoms with Gasteiger partial charge in [-0.3, -0.25) is 14.5 Å². The van der Waals surface area contributed by atoms with E-state index < -0.39 is 17.5 Å². The first kappa shape index (κ1) is 26.9. The van der Waals surface area contributed by atoms with Crippen molar-refractivity contribution >= 4 is 39.1 Å². The third kappa shape index (κ3) is 5.30. The fourth-order valence-electron chi connectivity index (χ4n) is 5.41. The Labute approximate surface area is 227 Å². The number of aryl methyl sites for hydroxylation is 1. The summed E-state index contributed by atoms with van der Waals surface area (Å²) in [5.74, 6) is -0.316. The number of benzene rings is 2. The van der Waals surface area contributed by atoms with Crippen molar-refractivity contribution < 1.29 is 27.5 Å². The summed E-state index contributed by atoms with van der Waals surface area (Å²) in [5.41, 5.74) is 1.50. The fraction of sp³-hybridized carbons (Fsp3) is 0.345. The Hall–Kier alpha value is -3.66. The molecule has 5 rings (SSSR count). The molecule has 0 aliphatic heterocycles. The Bertz CT molecular complexity index is 1490. The van der Waals surface area contributed by atoms with Crippen molar-refractivity contribution in [1.82, 2.24) is 9.97 Å². The summed E-state index contributed by atoms with van der Waals surface area (Å²) < 4.78 is 44.8. The molecule has 0 unspecified atom stereocenters. The van der Waals surface area contributed by atoms with Gasteiger partial charge in [0.15, 0.2) is 10.9 Å². The van der Waals surface area contributed by atoms with Gasteiger partial charge < -0.3 is 9.72 Å². The van der Waals surface area contributed by atoms with Crippen LogP contribution in [0.25, 0.3) is 10.9 Å². The van der Waals surface area contributed by atoms with Crippen LogP contribution in [-0.2, 0) is 17.4 Å². The van der Waals surface area contributed by atoms with Crippen LogP contribution in [0.3, 0.4) is 0 Å². The van der Waals surface area contributed by atoms with Crippen LogP contribution in [-0.4, -0.2) is 34.8 Å². The molecule has 2 aromatic heterocycles. The second kappa shape index (κ2) is 10.8. The molecule has 1 fully saturated rings. The largest absolute Gasteiger partial charge is 0.496 e. The zero-order chi connectivity index (χ0) is 27.7. The summed E-state index contributed by atoms with van der Waals surface area (Å²) in [7, 11) is 1.43. The van der Waals surface area contributed by atoms with E-state index >= 15 is 0 Å². The van der Waals surface area contributed by atoms with Crippen LogP contribution in [0.15, 0.2) is 48.0 Å². The standard InChI is InChI=1S/C29H28F3N3O3S/c1-17-21(16-24(36)35(28-33-14-15-39-28)20-6-4-3-5-7-20)25-22(34-17)12-13-23(38-2)26(25)27(37)18-8-10-19(11-9-18)29(30,31)32/h8-15,20,34H,3-7,16H2,1-2H3. The Balaban J connectivity index is 1.57. The molecule has 6 nitrogen and oxygen atoms in total. The molecule has 2 aromatic carbocycles. The number of ether oxygens (including phenoxy) is 1. The van der Waals surface area contributed by atoms with E-state index in [-0.39, 0.29) is 35.2 Å². The number of carbonyl (C=O) groups excluding carboxylic acids is 2. The monoisotopic (exact) mass is 555 g/mol. The number of aromatic amines is 1. The minimum atomic E-state index is -4.51. The maximum absolute atomic E-state index is 13.9. The number of H-pyrrole nitrogens is 1. The highest BCUT2D eigenvalue weighted by molar-refractivity contribution is 7.13. The maximum atomic E-state index is 13.9. The lowest BCUT2D eigenvalue weighted by atomic mass is 9.93. The number of hydrogen-bond donors (Lipinski definition) is 1. The van der Waals surface area contributed by atoms with Gasteiger partial charge in [0.05, 0.1) is 24.7 Å². The number of ketones is 1. The number of alkyl halides is 3. The molecule has 10 heteroatoms. The van der Waals surface area contributed by atoms with Gasteiger partial charge in [-0.2, -0.15) is 13.2 Å². The first-order valence-electron chi connectivity index (χ1n) is 12.8. The number of methoxy groups -OCH3 is 1. The van der Waals surface area contributed by atoms with Crippen LogP contribution in [0.1, 0.15) is 64.8 Å². The van der Waals surface area contributed by atoms with Crippen molar-refractivity contribution in [3.05, 3.63) is 75.9 Å². The number of hydrogen-bond acceptors (Lipinski definition) is 5. The number of fused-ring (bicyclic) bond motifs is 1. The first-order valence-corrected chi connectivity index (χ1v) is 13.7. The van der Waals surface area contributed by atoms with E-state index in [4.69, 9.17) is 4.74 Å². The molecule has 0 bridgehead atoms. The Morgan fingerprint density at radius 3 is 2.44 bits per heavy atom. The van der Waals surface area contributed by atoms with Crippen molar-refractivity contribution in [1.29, 1.82) is 0 Å². The smallest absolute Gasteiger partial charge is 0.416 e. The number of amides is 1. The second-order valence-corrected chi connectivity index (χ2v) is 10.6. The summed E-state index contributed by atoms with van der Waals surface area (Å²) in [6, 6.07) is 7.60. The topological polar surface area (TPSA) is 75.3 Å². The van der Waals surface area contributed by atoms with Crippen LogP contribution in [0.4, 0.5) is 18.3 Å². The lowest BCUT2D eigenvalue weighted by Crippen LogP contribution is -2.42. The van der Waals surface area contributed by atoms with Gasteiger partial charge in [0.25, 0.3) is 0 Å². The Morgan fingerprint density at radius 2 is 1.82 bits per heavy atom. The van der Waals surface area contributed by atoms with Gasteiger partial charge >= 0.3 is 6.18 Å². The molecule has 2 heterocycles. The predicted octanol–water partition coefficient (Wildman–Crippen LogP) is 7.10. The SMILES string of the molecule is COc1ccc2[nH]c(C)c(CC(=O)N(c3nccs3)C3CCCCC3)c2c1C(=O)c1ccc(C(F)(F)F)cc1. The number of thiazole rings is 1. The number of rotatable bonds is 7. The lowest BCUT2D eigenvalue weighted by molar-refractivity contribution is -0.137. The summed E-state index contributed by atoms with van der Waals surface area (Å²) in [6.45, 7) is 1.84. The number of anilines is 1. The average molecular weight is 556 g/mol. The number of nitrogens with zero attached hydrogens (tertiary/aromatic N) is 2. The quantitative estimate of drug-likeness (QED) is 0.247. The summed E-state index contributed by atoms with van der Waals surface area (Å²) in [5, 5.41) is 3.04. The Kier molecular flexibility index (Phi) is 7.48. The molecule has 1 aliphatic rings. The van der Waals surface area contributed by atoms with Crippen LogP contribution < -0.4 is 9.64 Å². The zero-order valence-corrected chi connectivity index (χ0v) is 22.4. The van der Waals surface area contributed by atoms with Gasteiger partial charge in [0.2, 0.25) is 5.91 Å². The normalized spacial score (nSPS) is 14.5. The molecule has 1 saturated carbocycles. The summed E-state index contributed by atoms with van der Waals surface area (Å²) in [4.78, 5) is 37.1. The molecular weight excluding hydrogens is 527 g/mol. The molecule has 39 heavy (non-hydrogen) atoms.